The number of nitrogens with one attached hydrogen (secondary N) is 2. The van der Waals surface area contributed by atoms with Crippen LogP contribution in [0.15, 0.2) is 60.3 Å². The summed E-state index contributed by atoms with van der Waals surface area (Å²) in [5.41, 5.74) is 1.19. The molecule has 8 heteroatoms. The maximum atomic E-state index is 12.1. The first kappa shape index (κ1) is 19.5. The van der Waals surface area contributed by atoms with Crippen LogP contribution in [0, 0.1) is 21.4 Å². The first-order valence-corrected chi connectivity index (χ1v) is 8.06. The topological polar surface area (TPSA) is 117 Å². The van der Waals surface area contributed by atoms with Crippen LogP contribution in [0.4, 0.5) is 11.4 Å². The number of carbonyl (C=O) groups is 1. The Morgan fingerprint density at radius 2 is 1.96 bits per heavy atom. The number of benzene rings is 2. The number of nitro benzene ring substituents is 1. The van der Waals surface area contributed by atoms with E-state index in [1.807, 2.05) is 30.3 Å². The lowest BCUT2D eigenvalue weighted by Gasteiger charge is -2.08. The van der Waals surface area contributed by atoms with Crippen molar-refractivity contribution in [3.63, 3.8) is 0 Å². The molecule has 138 valence electrons. The fourth-order valence-electron chi connectivity index (χ4n) is 2.30. The average molecular weight is 366 g/mol. The molecular formula is C19H18N4O4. The predicted octanol–water partition coefficient (Wildman–Crippen LogP) is 2.78. The number of nitriles is 1. The zero-order valence-electron chi connectivity index (χ0n) is 14.6. The Balaban J connectivity index is 1.92. The van der Waals surface area contributed by atoms with Crippen LogP contribution >= 0.6 is 0 Å². The third-order valence-electron chi connectivity index (χ3n) is 3.68. The quantitative estimate of drug-likeness (QED) is 0.244. The highest BCUT2D eigenvalue weighted by atomic mass is 16.6. The van der Waals surface area contributed by atoms with Gasteiger partial charge in [-0.1, -0.05) is 18.2 Å². The van der Waals surface area contributed by atoms with E-state index in [1.165, 1.54) is 30.5 Å². The van der Waals surface area contributed by atoms with Gasteiger partial charge in [0.2, 0.25) is 0 Å². The van der Waals surface area contributed by atoms with Crippen LogP contribution in [0.1, 0.15) is 5.56 Å². The number of anilines is 1. The lowest BCUT2D eigenvalue weighted by Crippen LogP contribution is -2.18. The van der Waals surface area contributed by atoms with Gasteiger partial charge in [0, 0.05) is 30.6 Å². The fourth-order valence-corrected chi connectivity index (χ4v) is 2.30. The molecule has 0 unspecified atom stereocenters. The van der Waals surface area contributed by atoms with Gasteiger partial charge < -0.3 is 15.4 Å². The van der Waals surface area contributed by atoms with Gasteiger partial charge in [-0.15, -0.1) is 0 Å². The van der Waals surface area contributed by atoms with Gasteiger partial charge in [0.1, 0.15) is 17.4 Å². The van der Waals surface area contributed by atoms with Gasteiger partial charge in [0.25, 0.3) is 11.6 Å². The highest BCUT2D eigenvalue weighted by Gasteiger charge is 2.10. The molecule has 8 nitrogen and oxygen atoms in total. The number of nitro groups is 1. The zero-order valence-corrected chi connectivity index (χ0v) is 14.6. The summed E-state index contributed by atoms with van der Waals surface area (Å²) in [5, 5.41) is 25.3. The second-order valence-electron chi connectivity index (χ2n) is 5.44. The predicted molar refractivity (Wildman–Crippen MR) is 100 cm³/mol. The lowest BCUT2D eigenvalue weighted by atomic mass is 10.1. The van der Waals surface area contributed by atoms with Crippen molar-refractivity contribution in [2.45, 2.75) is 6.42 Å². The summed E-state index contributed by atoms with van der Waals surface area (Å²) < 4.78 is 5.27. The average Bonchev–Trinajstić information content (AvgIpc) is 2.68. The first-order chi connectivity index (χ1) is 13.0. The summed E-state index contributed by atoms with van der Waals surface area (Å²) in [4.78, 5) is 22.2. The summed E-state index contributed by atoms with van der Waals surface area (Å²) in [7, 11) is 1.60. The number of hydrogen-bond acceptors (Lipinski definition) is 6. The van der Waals surface area contributed by atoms with Gasteiger partial charge in [-0.2, -0.15) is 5.26 Å². The summed E-state index contributed by atoms with van der Waals surface area (Å²) in [5.74, 6) is 0.177. The third-order valence-corrected chi connectivity index (χ3v) is 3.68. The normalized spacial score (nSPS) is 10.6. The number of carbonyl (C=O) groups excluding carboxylic acids is 1. The number of non-ortho nitro benzene ring substituents is 1. The molecule has 0 radical (unpaired) electrons. The van der Waals surface area contributed by atoms with Crippen LogP contribution in [0.5, 0.6) is 5.75 Å². The van der Waals surface area contributed by atoms with Crippen LogP contribution in [-0.4, -0.2) is 24.5 Å². The number of ether oxygens (including phenoxy) is 1. The molecule has 0 bridgehead atoms. The number of nitrogens with zero attached hydrogens (tertiary/aromatic N) is 2. The Morgan fingerprint density at radius 3 is 2.59 bits per heavy atom. The molecule has 0 aliphatic rings. The minimum atomic E-state index is -0.601. The number of amides is 1. The van der Waals surface area contributed by atoms with Crippen molar-refractivity contribution in [1.82, 2.24) is 5.32 Å². The molecule has 2 N–H and O–H groups in total. The van der Waals surface area contributed by atoms with Gasteiger partial charge in [0.05, 0.1) is 12.0 Å². The maximum Gasteiger partial charge on any atom is 0.269 e. The molecule has 27 heavy (non-hydrogen) atoms. The summed E-state index contributed by atoms with van der Waals surface area (Å²) in [6.45, 7) is 0.510. The number of hydrogen-bond donors (Lipinski definition) is 2. The van der Waals surface area contributed by atoms with Crippen molar-refractivity contribution >= 4 is 17.3 Å². The molecule has 2 aromatic rings. The van der Waals surface area contributed by atoms with Crippen LogP contribution in [-0.2, 0) is 11.2 Å². The molecule has 2 rings (SSSR count). The van der Waals surface area contributed by atoms with Gasteiger partial charge in [-0.05, 0) is 30.2 Å². The smallest absolute Gasteiger partial charge is 0.269 e. The molecule has 0 spiro atoms. The monoisotopic (exact) mass is 366 g/mol. The van der Waals surface area contributed by atoms with Gasteiger partial charge in [-0.3, -0.25) is 14.9 Å². The molecule has 0 aliphatic carbocycles. The van der Waals surface area contributed by atoms with Crippen molar-refractivity contribution in [3.05, 3.63) is 76.0 Å². The summed E-state index contributed by atoms with van der Waals surface area (Å²) in [6, 6.07) is 14.8. The summed E-state index contributed by atoms with van der Waals surface area (Å²) in [6.07, 6.45) is 2.00. The Bertz CT molecular complexity index is 885. The van der Waals surface area contributed by atoms with Crippen molar-refractivity contribution in [3.8, 4) is 11.8 Å². The van der Waals surface area contributed by atoms with E-state index in [4.69, 9.17) is 10.00 Å². The molecule has 0 fully saturated rings. The van der Waals surface area contributed by atoms with Crippen molar-refractivity contribution in [2.75, 3.05) is 19.0 Å². The van der Waals surface area contributed by atoms with Crippen LogP contribution in [0.2, 0.25) is 0 Å². The molecule has 0 saturated carbocycles. The fraction of sp³-hybridized carbons (Fsp3) is 0.158. The minimum absolute atomic E-state index is 0.0814. The molecule has 0 aromatic heterocycles. The molecule has 0 heterocycles. The van der Waals surface area contributed by atoms with E-state index in [0.29, 0.717) is 18.7 Å². The second kappa shape index (κ2) is 9.58. The maximum absolute atomic E-state index is 12.1. The molecule has 0 aliphatic heterocycles. The molecule has 0 atom stereocenters. The number of methoxy groups -OCH3 is 1. The largest absolute Gasteiger partial charge is 0.496 e. The van der Waals surface area contributed by atoms with E-state index in [0.717, 1.165) is 11.3 Å². The van der Waals surface area contributed by atoms with Gasteiger partial charge in [-0.25, -0.2) is 0 Å². The van der Waals surface area contributed by atoms with E-state index < -0.39 is 10.8 Å². The molecule has 1 amide bonds. The van der Waals surface area contributed by atoms with E-state index in [2.05, 4.69) is 10.6 Å². The van der Waals surface area contributed by atoms with E-state index in [9.17, 15) is 14.9 Å². The third kappa shape index (κ3) is 5.57. The van der Waals surface area contributed by atoms with Crippen molar-refractivity contribution < 1.29 is 14.5 Å². The van der Waals surface area contributed by atoms with Gasteiger partial charge >= 0.3 is 0 Å². The standard InChI is InChI=1S/C19H18N4O4/c1-27-18-5-3-2-4-14(18)10-11-21-13-15(12-20)19(24)22-16-6-8-17(9-7-16)23(25)26/h2-9,13,21H,10-11H2,1H3,(H,22,24)/b15-13-. The Kier molecular flexibility index (Phi) is 6.91. The van der Waals surface area contributed by atoms with E-state index >= 15 is 0 Å². The van der Waals surface area contributed by atoms with E-state index in [1.54, 1.807) is 7.11 Å². The lowest BCUT2D eigenvalue weighted by molar-refractivity contribution is -0.384. The van der Waals surface area contributed by atoms with Crippen LogP contribution in [0.3, 0.4) is 0 Å². The Hall–Kier alpha value is -3.86. The molecule has 0 saturated heterocycles. The van der Waals surface area contributed by atoms with Gasteiger partial charge in [0.15, 0.2) is 0 Å². The van der Waals surface area contributed by atoms with Crippen LogP contribution in [0.25, 0.3) is 0 Å². The summed E-state index contributed by atoms with van der Waals surface area (Å²) >= 11 is 0. The Morgan fingerprint density at radius 1 is 1.26 bits per heavy atom. The molecule has 2 aromatic carbocycles. The zero-order chi connectivity index (χ0) is 19.6. The first-order valence-electron chi connectivity index (χ1n) is 8.06. The van der Waals surface area contributed by atoms with Crippen molar-refractivity contribution in [1.29, 1.82) is 5.26 Å². The van der Waals surface area contributed by atoms with E-state index in [-0.39, 0.29) is 11.3 Å². The van der Waals surface area contributed by atoms with Crippen LogP contribution < -0.4 is 15.4 Å². The number of rotatable bonds is 8. The Labute approximate surface area is 156 Å². The highest BCUT2D eigenvalue weighted by molar-refractivity contribution is 6.06. The minimum Gasteiger partial charge on any atom is -0.496 e. The molecular weight excluding hydrogens is 348 g/mol. The second-order valence-corrected chi connectivity index (χ2v) is 5.44. The highest BCUT2D eigenvalue weighted by Crippen LogP contribution is 2.17. The number of para-hydroxylation sites is 1. The SMILES string of the molecule is COc1ccccc1CCN/C=C(/C#N)C(=O)Nc1ccc([N+](=O)[O-])cc1. The van der Waals surface area contributed by atoms with Crippen molar-refractivity contribution in [2.24, 2.45) is 0 Å².